The van der Waals surface area contributed by atoms with Crippen LogP contribution in [0.2, 0.25) is 0 Å². The van der Waals surface area contributed by atoms with Gasteiger partial charge in [0.1, 0.15) is 5.69 Å². The maximum Gasteiger partial charge on any atom is 0.354 e. The second kappa shape index (κ2) is 3.70. The predicted molar refractivity (Wildman–Crippen MR) is 61.5 cm³/mol. The number of ether oxygens (including phenoxy) is 1. The SMILES string of the molecule is CCc1cc2c(cc(C(=O)OC)n2C)s1. The molecule has 80 valence electrons. The molecule has 0 fully saturated rings. The fraction of sp³-hybridized carbons (Fsp3) is 0.364. The van der Waals surface area contributed by atoms with Crippen LogP contribution < -0.4 is 0 Å². The van der Waals surface area contributed by atoms with Crippen molar-refractivity contribution >= 4 is 27.5 Å². The topological polar surface area (TPSA) is 31.2 Å². The predicted octanol–water partition coefficient (Wildman–Crippen LogP) is 2.59. The molecule has 0 saturated heterocycles. The van der Waals surface area contributed by atoms with Crippen molar-refractivity contribution < 1.29 is 9.53 Å². The van der Waals surface area contributed by atoms with Crippen molar-refractivity contribution in [3.05, 3.63) is 22.7 Å². The van der Waals surface area contributed by atoms with Gasteiger partial charge in [-0.3, -0.25) is 0 Å². The van der Waals surface area contributed by atoms with E-state index < -0.39 is 0 Å². The third-order valence-corrected chi connectivity index (χ3v) is 3.74. The van der Waals surface area contributed by atoms with Crippen molar-refractivity contribution in [2.24, 2.45) is 7.05 Å². The van der Waals surface area contributed by atoms with Gasteiger partial charge in [0.05, 0.1) is 17.3 Å². The van der Waals surface area contributed by atoms with Crippen LogP contribution in [-0.2, 0) is 18.2 Å². The molecule has 2 heterocycles. The summed E-state index contributed by atoms with van der Waals surface area (Å²) in [5.41, 5.74) is 1.72. The Kier molecular flexibility index (Phi) is 2.52. The van der Waals surface area contributed by atoms with Crippen LogP contribution >= 0.6 is 11.3 Å². The molecule has 2 aromatic rings. The Balaban J connectivity index is 2.57. The largest absolute Gasteiger partial charge is 0.464 e. The van der Waals surface area contributed by atoms with Crippen LogP contribution in [0.15, 0.2) is 12.1 Å². The van der Waals surface area contributed by atoms with Crippen LogP contribution in [-0.4, -0.2) is 17.6 Å². The lowest BCUT2D eigenvalue weighted by molar-refractivity contribution is 0.0590. The second-order valence-corrected chi connectivity index (χ2v) is 4.56. The average molecular weight is 223 g/mol. The summed E-state index contributed by atoms with van der Waals surface area (Å²) in [6, 6.07) is 4.03. The van der Waals surface area contributed by atoms with Crippen molar-refractivity contribution in [1.29, 1.82) is 0 Å². The van der Waals surface area contributed by atoms with E-state index in [0.717, 1.165) is 16.6 Å². The molecule has 0 aliphatic carbocycles. The third kappa shape index (κ3) is 1.55. The van der Waals surface area contributed by atoms with E-state index >= 15 is 0 Å². The van der Waals surface area contributed by atoms with E-state index in [0.29, 0.717) is 5.69 Å². The lowest BCUT2D eigenvalue weighted by atomic mass is 10.3. The van der Waals surface area contributed by atoms with Crippen molar-refractivity contribution in [3.8, 4) is 0 Å². The quantitative estimate of drug-likeness (QED) is 0.733. The number of rotatable bonds is 2. The van der Waals surface area contributed by atoms with Gasteiger partial charge in [-0.1, -0.05) is 6.92 Å². The van der Waals surface area contributed by atoms with Crippen LogP contribution in [0.3, 0.4) is 0 Å². The first-order chi connectivity index (χ1) is 7.17. The van der Waals surface area contributed by atoms with Crippen LogP contribution in [0.25, 0.3) is 10.2 Å². The number of aromatic nitrogens is 1. The second-order valence-electron chi connectivity index (χ2n) is 3.40. The minimum absolute atomic E-state index is 0.279. The highest BCUT2D eigenvalue weighted by atomic mass is 32.1. The number of carbonyl (C=O) groups is 1. The van der Waals surface area contributed by atoms with E-state index in [4.69, 9.17) is 4.74 Å². The zero-order chi connectivity index (χ0) is 11.0. The first-order valence-electron chi connectivity index (χ1n) is 4.83. The van der Waals surface area contributed by atoms with E-state index in [-0.39, 0.29) is 5.97 Å². The first-order valence-corrected chi connectivity index (χ1v) is 5.65. The van der Waals surface area contributed by atoms with Gasteiger partial charge in [-0.05, 0) is 18.6 Å². The molecule has 0 unspecified atom stereocenters. The smallest absolute Gasteiger partial charge is 0.354 e. The summed E-state index contributed by atoms with van der Waals surface area (Å²) in [4.78, 5) is 12.8. The molecule has 0 aliphatic rings. The van der Waals surface area contributed by atoms with E-state index in [1.807, 2.05) is 17.7 Å². The molecule has 0 spiro atoms. The number of hydrogen-bond acceptors (Lipinski definition) is 3. The van der Waals surface area contributed by atoms with E-state index in [1.165, 1.54) is 12.0 Å². The van der Waals surface area contributed by atoms with Crippen LogP contribution in [0.4, 0.5) is 0 Å². The number of methoxy groups -OCH3 is 1. The molecule has 0 bridgehead atoms. The minimum Gasteiger partial charge on any atom is -0.464 e. The molecule has 4 heteroatoms. The standard InChI is InChI=1S/C11H13NO2S/c1-4-7-5-8-10(15-7)6-9(12(8)2)11(13)14-3/h5-6H,4H2,1-3H3. The Morgan fingerprint density at radius 1 is 1.53 bits per heavy atom. The number of esters is 1. The number of thiophene rings is 1. The maximum atomic E-state index is 11.4. The van der Waals surface area contributed by atoms with Gasteiger partial charge >= 0.3 is 5.97 Å². The van der Waals surface area contributed by atoms with Crippen molar-refractivity contribution in [3.63, 3.8) is 0 Å². The lowest BCUT2D eigenvalue weighted by Gasteiger charge is -2.00. The summed E-state index contributed by atoms with van der Waals surface area (Å²) in [5, 5.41) is 0. The van der Waals surface area contributed by atoms with Crippen molar-refractivity contribution in [1.82, 2.24) is 4.57 Å². The Hall–Kier alpha value is -1.29. The molecule has 15 heavy (non-hydrogen) atoms. The Morgan fingerprint density at radius 3 is 2.80 bits per heavy atom. The molecular formula is C11H13NO2S. The van der Waals surface area contributed by atoms with Crippen LogP contribution in [0.1, 0.15) is 22.3 Å². The Labute approximate surface area is 92.3 Å². The number of carbonyl (C=O) groups excluding carboxylic acids is 1. The highest BCUT2D eigenvalue weighted by Crippen LogP contribution is 2.28. The molecule has 0 saturated carbocycles. The first kappa shape index (κ1) is 10.2. The lowest BCUT2D eigenvalue weighted by Crippen LogP contribution is -2.06. The zero-order valence-corrected chi connectivity index (χ0v) is 9.85. The van der Waals surface area contributed by atoms with Gasteiger partial charge in [-0.25, -0.2) is 4.79 Å². The molecule has 0 atom stereocenters. The van der Waals surface area contributed by atoms with E-state index in [9.17, 15) is 4.79 Å². The van der Waals surface area contributed by atoms with Gasteiger partial charge in [-0.2, -0.15) is 0 Å². The van der Waals surface area contributed by atoms with Gasteiger partial charge in [0.25, 0.3) is 0 Å². The van der Waals surface area contributed by atoms with Crippen LogP contribution in [0.5, 0.6) is 0 Å². The van der Waals surface area contributed by atoms with Gasteiger partial charge in [0.15, 0.2) is 0 Å². The summed E-state index contributed by atoms with van der Waals surface area (Å²) >= 11 is 1.73. The molecule has 0 aromatic carbocycles. The third-order valence-electron chi connectivity index (χ3n) is 2.52. The summed E-state index contributed by atoms with van der Waals surface area (Å²) in [7, 11) is 3.29. The fourth-order valence-corrected chi connectivity index (χ4v) is 2.71. The summed E-state index contributed by atoms with van der Waals surface area (Å²) < 4.78 is 7.75. The number of fused-ring (bicyclic) bond motifs is 1. The van der Waals surface area contributed by atoms with Gasteiger partial charge < -0.3 is 9.30 Å². The van der Waals surface area contributed by atoms with Crippen LogP contribution in [0, 0.1) is 0 Å². The molecule has 0 N–H and O–H groups in total. The molecule has 0 radical (unpaired) electrons. The molecule has 2 rings (SSSR count). The molecule has 2 aromatic heterocycles. The van der Waals surface area contributed by atoms with Crippen molar-refractivity contribution in [2.75, 3.05) is 7.11 Å². The van der Waals surface area contributed by atoms with E-state index in [1.54, 1.807) is 11.3 Å². The van der Waals surface area contributed by atoms with Crippen molar-refractivity contribution in [2.45, 2.75) is 13.3 Å². The molecule has 0 aliphatic heterocycles. The Morgan fingerprint density at radius 2 is 2.27 bits per heavy atom. The molecule has 3 nitrogen and oxygen atoms in total. The maximum absolute atomic E-state index is 11.4. The minimum atomic E-state index is -0.279. The fourth-order valence-electron chi connectivity index (χ4n) is 1.64. The monoisotopic (exact) mass is 223 g/mol. The highest BCUT2D eigenvalue weighted by Gasteiger charge is 2.15. The number of hydrogen-bond donors (Lipinski definition) is 0. The zero-order valence-electron chi connectivity index (χ0n) is 9.03. The summed E-state index contributed by atoms with van der Waals surface area (Å²) in [6.07, 6.45) is 1.03. The van der Waals surface area contributed by atoms with E-state index in [2.05, 4.69) is 13.0 Å². The Bertz CT molecular complexity index is 510. The molecule has 0 amide bonds. The number of aryl methyl sites for hydroxylation is 2. The van der Waals surface area contributed by atoms with Gasteiger partial charge in [0.2, 0.25) is 0 Å². The average Bonchev–Trinajstić information content (AvgIpc) is 2.77. The normalized spacial score (nSPS) is 10.9. The molecular weight excluding hydrogens is 210 g/mol. The summed E-state index contributed by atoms with van der Waals surface area (Å²) in [5.74, 6) is -0.279. The van der Waals surface area contributed by atoms with Gasteiger partial charge in [-0.15, -0.1) is 11.3 Å². The summed E-state index contributed by atoms with van der Waals surface area (Å²) in [6.45, 7) is 2.13. The van der Waals surface area contributed by atoms with Gasteiger partial charge in [0, 0.05) is 11.9 Å². The highest BCUT2D eigenvalue weighted by molar-refractivity contribution is 7.19. The number of nitrogens with zero attached hydrogens (tertiary/aromatic N) is 1.